The van der Waals surface area contributed by atoms with E-state index in [1.54, 1.807) is 18.2 Å². The number of hydrogen-bond donors (Lipinski definition) is 2. The number of amides is 1. The first-order valence-corrected chi connectivity index (χ1v) is 9.20. The molecule has 1 amide bonds. The number of para-hydroxylation sites is 1. The first kappa shape index (κ1) is 16.0. The molecule has 0 aromatic heterocycles. The van der Waals surface area contributed by atoms with Crippen molar-refractivity contribution < 1.29 is 17.9 Å². The lowest BCUT2D eigenvalue weighted by molar-refractivity contribution is -0.120. The summed E-state index contributed by atoms with van der Waals surface area (Å²) in [6.45, 7) is 1.60. The topological polar surface area (TPSA) is 84.5 Å². The number of ether oxygens (including phenoxy) is 1. The van der Waals surface area contributed by atoms with Crippen LogP contribution in [0.1, 0.15) is 12.8 Å². The molecule has 2 atom stereocenters. The van der Waals surface area contributed by atoms with E-state index in [1.807, 2.05) is 12.2 Å². The summed E-state index contributed by atoms with van der Waals surface area (Å²) in [6, 6.07) is 6.55. The molecule has 3 rings (SSSR count). The molecule has 0 saturated heterocycles. The van der Waals surface area contributed by atoms with Gasteiger partial charge in [0.25, 0.3) is 10.0 Å². The number of carbonyl (C=O) groups is 1. The Labute approximate surface area is 136 Å². The maximum absolute atomic E-state index is 12.5. The number of allylic oxidation sites excluding steroid dienone is 1. The van der Waals surface area contributed by atoms with Crippen LogP contribution in [0.15, 0.2) is 41.3 Å². The van der Waals surface area contributed by atoms with Gasteiger partial charge >= 0.3 is 0 Å². The quantitative estimate of drug-likeness (QED) is 0.702. The van der Waals surface area contributed by atoms with Crippen molar-refractivity contribution in [2.75, 3.05) is 25.1 Å². The minimum atomic E-state index is -3.88. The van der Waals surface area contributed by atoms with Gasteiger partial charge < -0.3 is 10.1 Å². The van der Waals surface area contributed by atoms with Crippen molar-refractivity contribution in [1.29, 1.82) is 0 Å². The molecule has 1 aliphatic heterocycles. The molecule has 1 heterocycles. The van der Waals surface area contributed by atoms with Crippen LogP contribution >= 0.6 is 0 Å². The van der Waals surface area contributed by atoms with Gasteiger partial charge in [-0.3, -0.25) is 4.79 Å². The molecule has 1 saturated carbocycles. The van der Waals surface area contributed by atoms with Crippen LogP contribution in [-0.2, 0) is 19.6 Å². The fraction of sp³-hybridized carbons (Fsp3) is 0.438. The minimum absolute atomic E-state index is 0.0796. The Bertz CT molecular complexity index is 715. The molecule has 1 aliphatic carbocycles. The van der Waals surface area contributed by atoms with Crippen LogP contribution in [-0.4, -0.2) is 34.1 Å². The number of anilines is 1. The van der Waals surface area contributed by atoms with Gasteiger partial charge in [-0.05, 0) is 30.9 Å². The second-order valence-electron chi connectivity index (χ2n) is 5.73. The monoisotopic (exact) mass is 336 g/mol. The van der Waals surface area contributed by atoms with E-state index in [4.69, 9.17) is 4.74 Å². The molecule has 0 radical (unpaired) electrons. The molecule has 6 nitrogen and oxygen atoms in total. The van der Waals surface area contributed by atoms with Gasteiger partial charge in [0.05, 0.1) is 18.9 Å². The summed E-state index contributed by atoms with van der Waals surface area (Å²) in [5.74, 6) is -0.559. The highest BCUT2D eigenvalue weighted by Crippen LogP contribution is 2.40. The molecule has 1 aromatic carbocycles. The van der Waals surface area contributed by atoms with E-state index in [2.05, 4.69) is 10.0 Å². The molecule has 2 N–H and O–H groups in total. The van der Waals surface area contributed by atoms with Crippen molar-refractivity contribution in [2.45, 2.75) is 17.7 Å². The van der Waals surface area contributed by atoms with Gasteiger partial charge in [-0.1, -0.05) is 24.3 Å². The van der Waals surface area contributed by atoms with Crippen molar-refractivity contribution in [3.8, 4) is 0 Å². The van der Waals surface area contributed by atoms with Gasteiger partial charge in [-0.15, -0.1) is 0 Å². The fourth-order valence-corrected chi connectivity index (χ4v) is 3.83. The van der Waals surface area contributed by atoms with E-state index in [0.717, 1.165) is 6.42 Å². The van der Waals surface area contributed by atoms with Crippen molar-refractivity contribution >= 4 is 21.6 Å². The Hall–Kier alpha value is -1.86. The summed E-state index contributed by atoms with van der Waals surface area (Å²) in [6.07, 6.45) is 5.46. The van der Waals surface area contributed by atoms with E-state index < -0.39 is 15.9 Å². The van der Waals surface area contributed by atoms with E-state index in [1.165, 1.54) is 6.07 Å². The zero-order valence-corrected chi connectivity index (χ0v) is 13.5. The zero-order chi connectivity index (χ0) is 16.3. The van der Waals surface area contributed by atoms with Crippen LogP contribution in [0.3, 0.4) is 0 Å². The lowest BCUT2D eigenvalue weighted by Gasteiger charge is -2.13. The number of carbonyl (C=O) groups excluding carboxylic acids is 1. The van der Waals surface area contributed by atoms with Gasteiger partial charge in [0, 0.05) is 12.5 Å². The average Bonchev–Trinajstić information content (AvgIpc) is 3.29. The highest BCUT2D eigenvalue weighted by molar-refractivity contribution is 7.90. The predicted molar refractivity (Wildman–Crippen MR) is 86.4 cm³/mol. The maximum Gasteiger partial charge on any atom is 0.266 e. The minimum Gasteiger partial charge on any atom is -0.382 e. The van der Waals surface area contributed by atoms with Crippen LogP contribution < -0.4 is 10.0 Å². The van der Waals surface area contributed by atoms with E-state index in [9.17, 15) is 13.2 Å². The van der Waals surface area contributed by atoms with Crippen LogP contribution in [0.4, 0.5) is 5.69 Å². The van der Waals surface area contributed by atoms with Crippen molar-refractivity contribution in [1.82, 2.24) is 4.72 Å². The third-order valence-corrected chi connectivity index (χ3v) is 5.37. The molecule has 0 unspecified atom stereocenters. The molecule has 0 spiro atoms. The molecule has 23 heavy (non-hydrogen) atoms. The van der Waals surface area contributed by atoms with Gasteiger partial charge in [-0.2, -0.15) is 0 Å². The summed E-state index contributed by atoms with van der Waals surface area (Å²) >= 11 is 0. The molecule has 1 fully saturated rings. The summed E-state index contributed by atoms with van der Waals surface area (Å²) in [7, 11) is -3.88. The molecule has 2 aliphatic rings. The third kappa shape index (κ3) is 3.92. The van der Waals surface area contributed by atoms with E-state index in [-0.39, 0.29) is 16.7 Å². The number of sulfonamides is 1. The van der Waals surface area contributed by atoms with Crippen molar-refractivity contribution in [2.24, 2.45) is 11.8 Å². The Balaban J connectivity index is 1.84. The lowest BCUT2D eigenvalue weighted by atomic mass is 10.2. The zero-order valence-electron chi connectivity index (χ0n) is 12.7. The first-order chi connectivity index (χ1) is 11.1. The van der Waals surface area contributed by atoms with Crippen LogP contribution in [0.25, 0.3) is 0 Å². The number of fused-ring (bicyclic) bond motifs is 2. The average molecular weight is 336 g/mol. The van der Waals surface area contributed by atoms with Crippen LogP contribution in [0, 0.1) is 11.8 Å². The van der Waals surface area contributed by atoms with Gasteiger partial charge in [0.1, 0.15) is 4.90 Å². The molecule has 0 bridgehead atoms. The normalized spacial score (nSPS) is 28.8. The Morgan fingerprint density at radius 3 is 2.87 bits per heavy atom. The first-order valence-electron chi connectivity index (χ1n) is 7.72. The maximum atomic E-state index is 12.5. The SMILES string of the molecule is O=C1NS(=O)(=O)c2ccccc2NCCOCC/C=C\[C@@H]2C[C@H]12. The number of nitrogens with one attached hydrogen (secondary N) is 2. The number of rotatable bonds is 0. The van der Waals surface area contributed by atoms with Gasteiger partial charge in [0.15, 0.2) is 0 Å². The highest BCUT2D eigenvalue weighted by Gasteiger charge is 2.42. The van der Waals surface area contributed by atoms with Gasteiger partial charge in [0.2, 0.25) is 5.91 Å². The van der Waals surface area contributed by atoms with Crippen LogP contribution in [0.5, 0.6) is 0 Å². The third-order valence-electron chi connectivity index (χ3n) is 3.96. The molecular weight excluding hydrogens is 316 g/mol. The van der Waals surface area contributed by atoms with E-state index in [0.29, 0.717) is 31.9 Å². The fourth-order valence-electron chi connectivity index (χ4n) is 2.62. The summed E-state index contributed by atoms with van der Waals surface area (Å²) in [4.78, 5) is 12.2. The van der Waals surface area contributed by atoms with Crippen molar-refractivity contribution in [3.63, 3.8) is 0 Å². The summed E-state index contributed by atoms with van der Waals surface area (Å²) in [5.41, 5.74) is 0.469. The van der Waals surface area contributed by atoms with Crippen LogP contribution in [0.2, 0.25) is 0 Å². The van der Waals surface area contributed by atoms with E-state index >= 15 is 0 Å². The largest absolute Gasteiger partial charge is 0.382 e. The molecule has 124 valence electrons. The van der Waals surface area contributed by atoms with Gasteiger partial charge in [-0.25, -0.2) is 13.1 Å². The molecule has 1 aromatic rings. The summed E-state index contributed by atoms with van der Waals surface area (Å²) in [5, 5.41) is 3.05. The second-order valence-corrected chi connectivity index (χ2v) is 7.38. The number of benzene rings is 1. The Morgan fingerprint density at radius 2 is 2.00 bits per heavy atom. The van der Waals surface area contributed by atoms with Crippen molar-refractivity contribution in [3.05, 3.63) is 36.4 Å². The Morgan fingerprint density at radius 1 is 1.17 bits per heavy atom. The second kappa shape index (κ2) is 6.72. The number of hydrogen-bond acceptors (Lipinski definition) is 5. The molecule has 7 heteroatoms. The smallest absolute Gasteiger partial charge is 0.266 e. The highest BCUT2D eigenvalue weighted by atomic mass is 32.2. The summed E-state index contributed by atoms with van der Waals surface area (Å²) < 4.78 is 32.7. The predicted octanol–water partition coefficient (Wildman–Crippen LogP) is 1.52. The molecular formula is C16H20N2O4S. The lowest BCUT2D eigenvalue weighted by Crippen LogP contribution is -2.32. The standard InChI is InChI=1S/C16H20N2O4S/c19-16-13-11-12(13)5-3-4-9-22-10-8-17-14-6-1-2-7-15(14)23(20,21)18-16/h1-3,5-7,12-13,17H,4,8-11H2,(H,18,19)/b5-3-/t12-,13+/m1/s1. The Kier molecular flexibility index (Phi) is 4.68.